The summed E-state index contributed by atoms with van der Waals surface area (Å²) in [4.78, 5) is 4.14. The van der Waals surface area contributed by atoms with Crippen LogP contribution in [0.3, 0.4) is 0 Å². The van der Waals surface area contributed by atoms with E-state index >= 15 is 0 Å². The minimum absolute atomic E-state index is 0.351. The molecule has 0 radical (unpaired) electrons. The van der Waals surface area contributed by atoms with Gasteiger partial charge in [-0.05, 0) is 0 Å². The lowest BCUT2D eigenvalue weighted by molar-refractivity contribution is 0.259. The summed E-state index contributed by atoms with van der Waals surface area (Å²) in [5.41, 5.74) is 0. The van der Waals surface area contributed by atoms with Crippen molar-refractivity contribution in [2.75, 3.05) is 25.5 Å². The number of epoxide rings is 1. The highest BCUT2D eigenvalue weighted by Gasteiger charge is 2.24. The number of hydrogen-bond donors (Lipinski definition) is 0. The van der Waals surface area contributed by atoms with Crippen LogP contribution in [0.4, 0.5) is 0 Å². The molecule has 0 saturated carbocycles. The monoisotopic (exact) mass is 159 g/mol. The average molecular weight is 159 g/mol. The van der Waals surface area contributed by atoms with Crippen molar-refractivity contribution in [1.29, 1.82) is 0 Å². The summed E-state index contributed by atoms with van der Waals surface area (Å²) in [5.74, 6) is 1.07. The van der Waals surface area contributed by atoms with Crippen molar-refractivity contribution in [2.24, 2.45) is 4.99 Å². The second-order valence-electron chi connectivity index (χ2n) is 2.26. The van der Waals surface area contributed by atoms with Crippen LogP contribution in [0.2, 0.25) is 0 Å². The van der Waals surface area contributed by atoms with Crippen LogP contribution in [-0.4, -0.2) is 36.8 Å². The predicted molar refractivity (Wildman–Crippen MR) is 40.5 cm³/mol. The molecule has 0 aromatic rings. The fraction of sp³-hybridized carbons (Fsp3) is 0.833. The first kappa shape index (κ1) is 6.49. The van der Waals surface area contributed by atoms with Crippen LogP contribution in [0.25, 0.3) is 0 Å². The number of thioether (sulfide) groups is 1. The fourth-order valence-corrected chi connectivity index (χ4v) is 1.42. The molecule has 0 aromatic carbocycles. The second kappa shape index (κ2) is 2.80. The molecule has 2 aliphatic heterocycles. The Hall–Kier alpha value is -0.220. The summed E-state index contributed by atoms with van der Waals surface area (Å²) in [6, 6.07) is 0. The molecule has 56 valence electrons. The quantitative estimate of drug-likeness (QED) is 0.550. The summed E-state index contributed by atoms with van der Waals surface area (Å²) in [5, 5.41) is 0.843. The zero-order chi connectivity index (χ0) is 6.81. The standard InChI is InChI=1S/C6H9NO2S/c1-2-10-6(7-1)9-4-5-3-8-5/h5H,1-4H2. The molecule has 0 aliphatic carbocycles. The van der Waals surface area contributed by atoms with E-state index in [0.717, 1.165) is 24.1 Å². The van der Waals surface area contributed by atoms with Crippen LogP contribution in [0.1, 0.15) is 0 Å². The second-order valence-corrected chi connectivity index (χ2v) is 3.31. The first-order chi connectivity index (χ1) is 4.95. The molecule has 2 rings (SSSR count). The molecule has 0 bridgehead atoms. The number of nitrogens with zero attached hydrogens (tertiary/aromatic N) is 1. The highest BCUT2D eigenvalue weighted by atomic mass is 32.2. The van der Waals surface area contributed by atoms with Crippen LogP contribution >= 0.6 is 11.8 Å². The van der Waals surface area contributed by atoms with Crippen molar-refractivity contribution in [1.82, 2.24) is 0 Å². The summed E-state index contributed by atoms with van der Waals surface area (Å²) < 4.78 is 10.3. The fourth-order valence-electron chi connectivity index (χ4n) is 0.731. The molecular weight excluding hydrogens is 150 g/mol. The van der Waals surface area contributed by atoms with Gasteiger partial charge in [-0.25, -0.2) is 4.99 Å². The van der Waals surface area contributed by atoms with E-state index < -0.39 is 0 Å². The molecule has 0 spiro atoms. The number of hydrogen-bond acceptors (Lipinski definition) is 4. The van der Waals surface area contributed by atoms with Gasteiger partial charge in [-0.2, -0.15) is 0 Å². The molecule has 2 heterocycles. The van der Waals surface area contributed by atoms with Gasteiger partial charge in [-0.1, -0.05) is 11.8 Å². The predicted octanol–water partition coefficient (Wildman–Crippen LogP) is 0.505. The van der Waals surface area contributed by atoms with Crippen molar-refractivity contribution in [3.63, 3.8) is 0 Å². The number of ether oxygens (including phenoxy) is 2. The highest BCUT2D eigenvalue weighted by Crippen LogP contribution is 2.15. The van der Waals surface area contributed by atoms with Gasteiger partial charge in [0, 0.05) is 5.75 Å². The largest absolute Gasteiger partial charge is 0.470 e. The Labute approximate surface area is 63.8 Å². The third kappa shape index (κ3) is 1.64. The van der Waals surface area contributed by atoms with Gasteiger partial charge in [0.05, 0.1) is 13.2 Å². The smallest absolute Gasteiger partial charge is 0.245 e. The zero-order valence-corrected chi connectivity index (χ0v) is 6.39. The summed E-state index contributed by atoms with van der Waals surface area (Å²) in [6.45, 7) is 2.45. The van der Waals surface area contributed by atoms with E-state index in [9.17, 15) is 0 Å². The van der Waals surface area contributed by atoms with Crippen LogP contribution < -0.4 is 0 Å². The van der Waals surface area contributed by atoms with Gasteiger partial charge in [0.25, 0.3) is 0 Å². The molecule has 1 saturated heterocycles. The molecule has 1 unspecified atom stereocenters. The van der Waals surface area contributed by atoms with E-state index in [1.807, 2.05) is 0 Å². The molecule has 4 heteroatoms. The van der Waals surface area contributed by atoms with E-state index in [2.05, 4.69) is 4.99 Å². The summed E-state index contributed by atoms with van der Waals surface area (Å²) >= 11 is 1.68. The third-order valence-electron chi connectivity index (χ3n) is 1.35. The number of rotatable bonds is 2. The van der Waals surface area contributed by atoms with Crippen molar-refractivity contribution in [3.8, 4) is 0 Å². The van der Waals surface area contributed by atoms with Gasteiger partial charge in [0.15, 0.2) is 0 Å². The van der Waals surface area contributed by atoms with E-state index in [4.69, 9.17) is 9.47 Å². The van der Waals surface area contributed by atoms with E-state index in [1.54, 1.807) is 11.8 Å². The van der Waals surface area contributed by atoms with Crippen LogP contribution in [0, 0.1) is 0 Å². The molecule has 0 amide bonds. The van der Waals surface area contributed by atoms with Gasteiger partial charge in [-0.3, -0.25) is 0 Å². The first-order valence-electron chi connectivity index (χ1n) is 3.37. The SMILES string of the molecule is C1CSC(OCC2CO2)=N1. The molecule has 0 N–H and O–H groups in total. The Bertz CT molecular complexity index is 156. The van der Waals surface area contributed by atoms with E-state index in [1.165, 1.54) is 0 Å². The van der Waals surface area contributed by atoms with Crippen molar-refractivity contribution in [2.45, 2.75) is 6.10 Å². The lowest BCUT2D eigenvalue weighted by Gasteiger charge is -1.99. The van der Waals surface area contributed by atoms with Crippen molar-refractivity contribution < 1.29 is 9.47 Å². The Balaban J connectivity index is 1.68. The minimum Gasteiger partial charge on any atom is -0.470 e. The summed E-state index contributed by atoms with van der Waals surface area (Å²) in [7, 11) is 0. The minimum atomic E-state index is 0.351. The molecule has 1 atom stereocenters. The van der Waals surface area contributed by atoms with E-state index in [0.29, 0.717) is 12.7 Å². The molecule has 3 nitrogen and oxygen atoms in total. The molecule has 2 aliphatic rings. The third-order valence-corrected chi connectivity index (χ3v) is 2.23. The topological polar surface area (TPSA) is 34.1 Å². The van der Waals surface area contributed by atoms with Gasteiger partial charge in [0.1, 0.15) is 12.7 Å². The van der Waals surface area contributed by atoms with Crippen molar-refractivity contribution >= 4 is 17.0 Å². The van der Waals surface area contributed by atoms with Gasteiger partial charge in [-0.15, -0.1) is 0 Å². The van der Waals surface area contributed by atoms with Crippen LogP contribution in [0.15, 0.2) is 4.99 Å². The van der Waals surface area contributed by atoms with Gasteiger partial charge >= 0.3 is 0 Å². The maximum absolute atomic E-state index is 5.31. The highest BCUT2D eigenvalue weighted by molar-refractivity contribution is 8.13. The molecule has 10 heavy (non-hydrogen) atoms. The first-order valence-corrected chi connectivity index (χ1v) is 4.35. The Kier molecular flexibility index (Phi) is 1.82. The Morgan fingerprint density at radius 2 is 2.70 bits per heavy atom. The average Bonchev–Trinajstić information content (AvgIpc) is 2.63. The molecular formula is C6H9NO2S. The Morgan fingerprint density at radius 3 is 3.30 bits per heavy atom. The zero-order valence-electron chi connectivity index (χ0n) is 5.58. The maximum atomic E-state index is 5.31. The van der Waals surface area contributed by atoms with E-state index in [-0.39, 0.29) is 0 Å². The summed E-state index contributed by atoms with van der Waals surface area (Å²) in [6.07, 6.45) is 0.351. The molecule has 1 fully saturated rings. The molecule has 0 aromatic heterocycles. The van der Waals surface area contributed by atoms with Crippen LogP contribution in [-0.2, 0) is 9.47 Å². The van der Waals surface area contributed by atoms with Gasteiger partial charge < -0.3 is 9.47 Å². The van der Waals surface area contributed by atoms with Crippen LogP contribution in [0.5, 0.6) is 0 Å². The van der Waals surface area contributed by atoms with Gasteiger partial charge in [0.2, 0.25) is 5.23 Å². The maximum Gasteiger partial charge on any atom is 0.245 e. The lowest BCUT2D eigenvalue weighted by atomic mass is 10.5. The number of aliphatic imine (C=N–C) groups is 1. The lowest BCUT2D eigenvalue weighted by Crippen LogP contribution is -2.04. The normalized spacial score (nSPS) is 30.0. The van der Waals surface area contributed by atoms with Crippen molar-refractivity contribution in [3.05, 3.63) is 0 Å². The Morgan fingerprint density at radius 1 is 1.80 bits per heavy atom.